The molecule has 1 aliphatic heterocycles. The normalized spacial score (nSPS) is 28.4. The molecule has 0 bridgehead atoms. The van der Waals surface area contributed by atoms with E-state index in [0.717, 1.165) is 81.1 Å². The van der Waals surface area contributed by atoms with Crippen molar-refractivity contribution in [1.29, 1.82) is 0 Å². The molecule has 0 amide bonds. The Bertz CT molecular complexity index is 929. The van der Waals surface area contributed by atoms with Crippen molar-refractivity contribution in [3.05, 3.63) is 28.3 Å². The van der Waals surface area contributed by atoms with Crippen LogP contribution in [0.15, 0.2) is 12.1 Å². The SMILES string of the molecule is Cc1c(Cl)ccc(OCC=O)c1[C@H]1CC[C@@H](OC[C@@H]2NCCC[C@@H]2NS(=O)(=O)C2CC2)CC1. The van der Waals surface area contributed by atoms with Crippen LogP contribution in [0.1, 0.15) is 68.4 Å². The number of carbonyl (C=O) groups excluding carboxylic acids is 1. The predicted molar refractivity (Wildman–Crippen MR) is 129 cm³/mol. The van der Waals surface area contributed by atoms with E-state index in [2.05, 4.69) is 10.0 Å². The lowest BCUT2D eigenvalue weighted by Gasteiger charge is -2.35. The molecular formula is C24H35ClN2O5S. The maximum Gasteiger partial charge on any atom is 0.214 e. The Kier molecular flexibility index (Phi) is 8.33. The second-order valence-corrected chi connectivity index (χ2v) is 11.9. The van der Waals surface area contributed by atoms with Crippen molar-refractivity contribution in [3.8, 4) is 5.75 Å². The highest BCUT2D eigenvalue weighted by Gasteiger charge is 2.39. The van der Waals surface area contributed by atoms with Crippen LogP contribution in [-0.4, -0.2) is 57.9 Å². The van der Waals surface area contributed by atoms with Gasteiger partial charge in [-0.2, -0.15) is 0 Å². The van der Waals surface area contributed by atoms with Gasteiger partial charge in [0.15, 0.2) is 6.29 Å². The highest BCUT2D eigenvalue weighted by molar-refractivity contribution is 7.90. The van der Waals surface area contributed by atoms with E-state index in [-0.39, 0.29) is 30.0 Å². The fourth-order valence-corrected chi connectivity index (χ4v) is 6.96. The summed E-state index contributed by atoms with van der Waals surface area (Å²) in [4.78, 5) is 10.8. The van der Waals surface area contributed by atoms with Gasteiger partial charge < -0.3 is 14.8 Å². The molecule has 0 spiro atoms. The van der Waals surface area contributed by atoms with Gasteiger partial charge in [-0.3, -0.25) is 4.79 Å². The number of ether oxygens (including phenoxy) is 2. The van der Waals surface area contributed by atoms with Crippen molar-refractivity contribution < 1.29 is 22.7 Å². The van der Waals surface area contributed by atoms with Gasteiger partial charge in [0.2, 0.25) is 10.0 Å². The van der Waals surface area contributed by atoms with Gasteiger partial charge in [0.25, 0.3) is 0 Å². The topological polar surface area (TPSA) is 93.7 Å². The standard InChI is InChI=1S/C24H35ClN2O5S/c1-16-20(25)10-11-23(31-14-13-28)24(16)17-4-6-18(7-5-17)32-15-22-21(3-2-12-26-22)27-33(29,30)19-8-9-19/h10-11,13,17-19,21-22,26-27H,2-9,12,14-15H2,1H3/t17-,18+,21-,22-/m0/s1. The zero-order valence-electron chi connectivity index (χ0n) is 19.2. The third kappa shape index (κ3) is 6.28. The lowest BCUT2D eigenvalue weighted by molar-refractivity contribution is -0.109. The lowest BCUT2D eigenvalue weighted by Crippen LogP contribution is -2.56. The van der Waals surface area contributed by atoms with Gasteiger partial charge in [-0.1, -0.05) is 11.6 Å². The molecule has 7 nitrogen and oxygen atoms in total. The van der Waals surface area contributed by atoms with Crippen LogP contribution in [0, 0.1) is 6.92 Å². The molecule has 3 fully saturated rings. The first kappa shape index (κ1) is 24.9. The van der Waals surface area contributed by atoms with E-state index in [1.165, 1.54) is 0 Å². The molecule has 1 aromatic carbocycles. The minimum Gasteiger partial charge on any atom is -0.486 e. The van der Waals surface area contributed by atoms with Crippen LogP contribution in [0.2, 0.25) is 5.02 Å². The molecule has 2 atom stereocenters. The molecule has 3 aliphatic rings. The fraction of sp³-hybridized carbons (Fsp3) is 0.708. The van der Waals surface area contributed by atoms with E-state index in [9.17, 15) is 13.2 Å². The van der Waals surface area contributed by atoms with Crippen LogP contribution < -0.4 is 14.8 Å². The maximum atomic E-state index is 12.4. The number of benzene rings is 1. The zero-order chi connectivity index (χ0) is 23.4. The van der Waals surface area contributed by atoms with Crippen LogP contribution >= 0.6 is 11.6 Å². The highest BCUT2D eigenvalue weighted by Crippen LogP contribution is 2.42. The van der Waals surface area contributed by atoms with Crippen molar-refractivity contribution in [2.24, 2.45) is 0 Å². The summed E-state index contributed by atoms with van der Waals surface area (Å²) in [6.45, 7) is 3.44. The van der Waals surface area contributed by atoms with E-state index < -0.39 is 10.0 Å². The number of piperidine rings is 1. The number of hydrogen-bond donors (Lipinski definition) is 2. The van der Waals surface area contributed by atoms with Crippen LogP contribution in [0.3, 0.4) is 0 Å². The Hall–Kier alpha value is -1.19. The second kappa shape index (κ2) is 11.0. The summed E-state index contributed by atoms with van der Waals surface area (Å²) in [6.07, 6.45) is 8.04. The Labute approximate surface area is 202 Å². The Morgan fingerprint density at radius 3 is 2.61 bits per heavy atom. The third-order valence-corrected chi connectivity index (χ3v) is 9.56. The van der Waals surface area contributed by atoms with E-state index in [1.807, 2.05) is 19.1 Å². The third-order valence-electron chi connectivity index (χ3n) is 7.17. The van der Waals surface area contributed by atoms with Crippen LogP contribution in [0.5, 0.6) is 5.75 Å². The second-order valence-electron chi connectivity index (χ2n) is 9.54. The smallest absolute Gasteiger partial charge is 0.214 e. The molecule has 2 saturated carbocycles. The van der Waals surface area contributed by atoms with Crippen molar-refractivity contribution in [2.45, 2.75) is 87.6 Å². The first-order chi connectivity index (χ1) is 15.9. The average molecular weight is 499 g/mol. The van der Waals surface area contributed by atoms with Gasteiger partial charge in [0.1, 0.15) is 12.4 Å². The van der Waals surface area contributed by atoms with E-state index in [0.29, 0.717) is 17.5 Å². The largest absolute Gasteiger partial charge is 0.486 e. The summed E-state index contributed by atoms with van der Waals surface area (Å²) in [5, 5.41) is 3.97. The molecule has 0 aromatic heterocycles. The fourth-order valence-electron chi connectivity index (χ4n) is 5.15. The summed E-state index contributed by atoms with van der Waals surface area (Å²) >= 11 is 6.38. The molecule has 1 saturated heterocycles. The monoisotopic (exact) mass is 498 g/mol. The number of sulfonamides is 1. The molecule has 0 unspecified atom stereocenters. The van der Waals surface area contributed by atoms with Gasteiger partial charge >= 0.3 is 0 Å². The number of rotatable bonds is 10. The molecule has 0 radical (unpaired) electrons. The number of nitrogens with one attached hydrogen (secondary N) is 2. The van der Waals surface area contributed by atoms with Gasteiger partial charge in [-0.25, -0.2) is 13.1 Å². The molecule has 2 aliphatic carbocycles. The highest BCUT2D eigenvalue weighted by atomic mass is 35.5. The van der Waals surface area contributed by atoms with E-state index in [1.54, 1.807) is 0 Å². The van der Waals surface area contributed by atoms with Crippen molar-refractivity contribution >= 4 is 27.9 Å². The van der Waals surface area contributed by atoms with Crippen LogP contribution in [0.25, 0.3) is 0 Å². The van der Waals surface area contributed by atoms with Gasteiger partial charge in [0, 0.05) is 22.7 Å². The first-order valence-electron chi connectivity index (χ1n) is 12.1. The summed E-state index contributed by atoms with van der Waals surface area (Å²) in [7, 11) is -3.21. The summed E-state index contributed by atoms with van der Waals surface area (Å²) in [5.74, 6) is 1.06. The van der Waals surface area contributed by atoms with Crippen molar-refractivity contribution in [1.82, 2.24) is 10.0 Å². The molecule has 4 rings (SSSR count). The molecule has 33 heavy (non-hydrogen) atoms. The minimum atomic E-state index is -3.21. The molecule has 9 heteroatoms. The van der Waals surface area contributed by atoms with E-state index >= 15 is 0 Å². The lowest BCUT2D eigenvalue weighted by atomic mass is 9.80. The number of halogens is 1. The molecule has 1 heterocycles. The van der Waals surface area contributed by atoms with Crippen molar-refractivity contribution in [2.75, 3.05) is 19.8 Å². The summed E-state index contributed by atoms with van der Waals surface area (Å²) in [6, 6.07) is 3.57. The van der Waals surface area contributed by atoms with Gasteiger partial charge in [-0.05, 0) is 88.4 Å². The number of aldehydes is 1. The molecule has 1 aromatic rings. The number of carbonyl (C=O) groups is 1. The quantitative estimate of drug-likeness (QED) is 0.480. The van der Waals surface area contributed by atoms with Gasteiger partial charge in [0.05, 0.1) is 18.0 Å². The number of hydrogen-bond acceptors (Lipinski definition) is 6. The average Bonchev–Trinajstić information content (AvgIpc) is 3.66. The predicted octanol–water partition coefficient (Wildman–Crippen LogP) is 3.47. The minimum absolute atomic E-state index is 0.00326. The van der Waals surface area contributed by atoms with Crippen LogP contribution in [-0.2, 0) is 19.6 Å². The summed E-state index contributed by atoms with van der Waals surface area (Å²) < 4.78 is 39.7. The zero-order valence-corrected chi connectivity index (χ0v) is 20.8. The molecule has 2 N–H and O–H groups in total. The maximum absolute atomic E-state index is 12.4. The summed E-state index contributed by atoms with van der Waals surface area (Å²) in [5.41, 5.74) is 2.12. The first-order valence-corrected chi connectivity index (χ1v) is 14.0. The molecular weight excluding hydrogens is 464 g/mol. The Balaban J connectivity index is 1.31. The Morgan fingerprint density at radius 2 is 1.91 bits per heavy atom. The van der Waals surface area contributed by atoms with Crippen LogP contribution in [0.4, 0.5) is 0 Å². The Morgan fingerprint density at radius 1 is 1.15 bits per heavy atom. The van der Waals surface area contributed by atoms with Crippen molar-refractivity contribution in [3.63, 3.8) is 0 Å². The van der Waals surface area contributed by atoms with Gasteiger partial charge in [-0.15, -0.1) is 0 Å². The van der Waals surface area contributed by atoms with E-state index in [4.69, 9.17) is 21.1 Å². The molecule has 184 valence electrons.